The van der Waals surface area contributed by atoms with Crippen molar-refractivity contribution < 1.29 is 9.59 Å². The molecule has 0 radical (unpaired) electrons. The number of rotatable bonds is 2. The van der Waals surface area contributed by atoms with Gasteiger partial charge in [-0.3, -0.25) is 14.6 Å². The molecule has 0 bridgehead atoms. The van der Waals surface area contributed by atoms with Crippen LogP contribution < -0.4 is 5.32 Å². The molecule has 4 heterocycles. The molecule has 126 valence electrons. The summed E-state index contributed by atoms with van der Waals surface area (Å²) in [5.74, 6) is -0.377. The molecule has 2 N–H and O–H groups in total. The van der Waals surface area contributed by atoms with Crippen LogP contribution in [0.2, 0.25) is 0 Å². The zero-order chi connectivity index (χ0) is 17.4. The fraction of sp³-hybridized carbons (Fsp3) is 0.222. The number of amides is 2. The minimum absolute atomic E-state index is 0.141. The molecule has 7 nitrogen and oxygen atoms in total. The van der Waals surface area contributed by atoms with E-state index in [1.54, 1.807) is 30.3 Å². The van der Waals surface area contributed by atoms with Gasteiger partial charge in [-0.05, 0) is 36.8 Å². The highest BCUT2D eigenvalue weighted by molar-refractivity contribution is 5.97. The van der Waals surface area contributed by atoms with E-state index in [1.807, 2.05) is 24.4 Å². The second-order valence-corrected chi connectivity index (χ2v) is 6.03. The van der Waals surface area contributed by atoms with Crippen molar-refractivity contribution in [1.82, 2.24) is 25.2 Å². The molecule has 1 saturated heterocycles. The van der Waals surface area contributed by atoms with Crippen LogP contribution in [0.25, 0.3) is 22.2 Å². The van der Waals surface area contributed by atoms with E-state index in [9.17, 15) is 9.59 Å². The number of aromatic nitrogens is 3. The van der Waals surface area contributed by atoms with Gasteiger partial charge in [-0.15, -0.1) is 0 Å². The van der Waals surface area contributed by atoms with Gasteiger partial charge in [-0.1, -0.05) is 0 Å². The summed E-state index contributed by atoms with van der Waals surface area (Å²) in [4.78, 5) is 37.8. The van der Waals surface area contributed by atoms with Crippen molar-refractivity contribution in [3.8, 4) is 11.1 Å². The third-order valence-corrected chi connectivity index (χ3v) is 4.47. The first-order chi connectivity index (χ1) is 12.1. The van der Waals surface area contributed by atoms with Gasteiger partial charge in [0.15, 0.2) is 0 Å². The Labute approximate surface area is 144 Å². The summed E-state index contributed by atoms with van der Waals surface area (Å²) in [6, 6.07) is 7.06. The van der Waals surface area contributed by atoms with E-state index in [0.717, 1.165) is 22.2 Å². The average molecular weight is 335 g/mol. The normalized spacial score (nSPS) is 17.6. The van der Waals surface area contributed by atoms with E-state index >= 15 is 0 Å². The zero-order valence-corrected chi connectivity index (χ0v) is 13.7. The molecule has 1 aliphatic heterocycles. The van der Waals surface area contributed by atoms with Gasteiger partial charge in [0.1, 0.15) is 17.4 Å². The number of hydrogen-bond acceptors (Lipinski definition) is 4. The first-order valence-corrected chi connectivity index (χ1v) is 8.12. The maximum atomic E-state index is 12.8. The standard InChI is InChI=1S/C18H17N5O2/c1-11-17(24)21-6-7-23(11)18(25)15-9-12(2-4-19-15)14-8-13-3-5-20-16(13)22-10-14/h2-5,8-11H,6-7H2,1H3,(H,20,22)(H,21,24). The van der Waals surface area contributed by atoms with E-state index in [-0.39, 0.29) is 11.8 Å². The Bertz CT molecular complexity index is 965. The van der Waals surface area contributed by atoms with Gasteiger partial charge in [-0.25, -0.2) is 4.98 Å². The van der Waals surface area contributed by atoms with E-state index in [0.29, 0.717) is 18.8 Å². The van der Waals surface area contributed by atoms with Crippen molar-refractivity contribution in [3.63, 3.8) is 0 Å². The van der Waals surface area contributed by atoms with Crippen molar-refractivity contribution in [2.45, 2.75) is 13.0 Å². The minimum atomic E-state index is -0.496. The highest BCUT2D eigenvalue weighted by Gasteiger charge is 2.30. The van der Waals surface area contributed by atoms with Gasteiger partial charge in [0.05, 0.1) is 0 Å². The Morgan fingerprint density at radius 2 is 2.12 bits per heavy atom. The number of hydrogen-bond donors (Lipinski definition) is 2. The van der Waals surface area contributed by atoms with E-state index in [4.69, 9.17) is 0 Å². The molecule has 3 aromatic rings. The molecule has 0 aromatic carbocycles. The van der Waals surface area contributed by atoms with Crippen molar-refractivity contribution in [1.29, 1.82) is 0 Å². The third-order valence-electron chi connectivity index (χ3n) is 4.47. The number of aromatic amines is 1. The fourth-order valence-corrected chi connectivity index (χ4v) is 3.03. The SMILES string of the molecule is CC1C(=O)NCCN1C(=O)c1cc(-c2cnc3[nH]ccc3c2)ccn1. The topological polar surface area (TPSA) is 91.0 Å². The number of H-pyrrole nitrogens is 1. The summed E-state index contributed by atoms with van der Waals surface area (Å²) in [6.07, 6.45) is 5.21. The lowest BCUT2D eigenvalue weighted by Gasteiger charge is -2.32. The summed E-state index contributed by atoms with van der Waals surface area (Å²) in [7, 11) is 0. The van der Waals surface area contributed by atoms with Gasteiger partial charge in [0.2, 0.25) is 5.91 Å². The molecule has 4 rings (SSSR count). The van der Waals surface area contributed by atoms with Gasteiger partial charge in [0, 0.05) is 42.6 Å². The lowest BCUT2D eigenvalue weighted by atomic mass is 10.1. The van der Waals surface area contributed by atoms with Gasteiger partial charge in [-0.2, -0.15) is 0 Å². The quantitative estimate of drug-likeness (QED) is 0.744. The van der Waals surface area contributed by atoms with E-state index in [1.165, 1.54) is 0 Å². The van der Waals surface area contributed by atoms with Crippen molar-refractivity contribution in [2.24, 2.45) is 0 Å². The van der Waals surface area contributed by atoms with Crippen LogP contribution in [0.15, 0.2) is 42.9 Å². The molecule has 0 spiro atoms. The van der Waals surface area contributed by atoms with Crippen LogP contribution in [0.5, 0.6) is 0 Å². The molecule has 0 saturated carbocycles. The molecule has 1 unspecified atom stereocenters. The number of carbonyl (C=O) groups excluding carboxylic acids is 2. The minimum Gasteiger partial charge on any atom is -0.353 e. The molecule has 1 atom stereocenters. The van der Waals surface area contributed by atoms with Crippen LogP contribution in [0.3, 0.4) is 0 Å². The Balaban J connectivity index is 1.66. The fourth-order valence-electron chi connectivity index (χ4n) is 3.03. The molecule has 7 heteroatoms. The Morgan fingerprint density at radius 1 is 1.24 bits per heavy atom. The molecular formula is C18H17N5O2. The monoisotopic (exact) mass is 335 g/mol. The predicted molar refractivity (Wildman–Crippen MR) is 92.8 cm³/mol. The van der Waals surface area contributed by atoms with Crippen LogP contribution in [0.1, 0.15) is 17.4 Å². The summed E-state index contributed by atoms with van der Waals surface area (Å²) in [6.45, 7) is 2.66. The number of nitrogens with one attached hydrogen (secondary N) is 2. The Morgan fingerprint density at radius 3 is 3.00 bits per heavy atom. The van der Waals surface area contributed by atoms with Gasteiger partial charge >= 0.3 is 0 Å². The van der Waals surface area contributed by atoms with Crippen molar-refractivity contribution in [3.05, 3.63) is 48.5 Å². The van der Waals surface area contributed by atoms with Crippen molar-refractivity contribution >= 4 is 22.8 Å². The maximum Gasteiger partial charge on any atom is 0.273 e. The zero-order valence-electron chi connectivity index (χ0n) is 13.7. The van der Waals surface area contributed by atoms with Gasteiger partial charge in [0.25, 0.3) is 5.91 Å². The molecule has 2 amide bonds. The van der Waals surface area contributed by atoms with Crippen LogP contribution in [-0.4, -0.2) is 50.8 Å². The lowest BCUT2D eigenvalue weighted by molar-refractivity contribution is -0.127. The number of fused-ring (bicyclic) bond motifs is 1. The first-order valence-electron chi connectivity index (χ1n) is 8.12. The highest BCUT2D eigenvalue weighted by Crippen LogP contribution is 2.23. The van der Waals surface area contributed by atoms with E-state index < -0.39 is 6.04 Å². The van der Waals surface area contributed by atoms with Crippen LogP contribution in [-0.2, 0) is 4.79 Å². The first kappa shape index (κ1) is 15.3. The molecule has 1 aliphatic rings. The maximum absolute atomic E-state index is 12.8. The molecule has 25 heavy (non-hydrogen) atoms. The highest BCUT2D eigenvalue weighted by atomic mass is 16.2. The summed E-state index contributed by atoms with van der Waals surface area (Å²) < 4.78 is 0. The average Bonchev–Trinajstić information content (AvgIpc) is 3.11. The smallest absolute Gasteiger partial charge is 0.273 e. The molecule has 0 aliphatic carbocycles. The molecule has 1 fully saturated rings. The Hall–Kier alpha value is -3.22. The van der Waals surface area contributed by atoms with Crippen LogP contribution in [0.4, 0.5) is 0 Å². The molecule has 3 aromatic heterocycles. The summed E-state index contributed by atoms with van der Waals surface area (Å²) >= 11 is 0. The summed E-state index contributed by atoms with van der Waals surface area (Å²) in [5, 5.41) is 3.76. The Kier molecular flexibility index (Phi) is 3.68. The predicted octanol–water partition coefficient (Wildman–Crippen LogP) is 1.59. The number of nitrogens with zero attached hydrogens (tertiary/aromatic N) is 3. The molecular weight excluding hydrogens is 318 g/mol. The van der Waals surface area contributed by atoms with Gasteiger partial charge < -0.3 is 15.2 Å². The lowest BCUT2D eigenvalue weighted by Crippen LogP contribution is -2.55. The van der Waals surface area contributed by atoms with E-state index in [2.05, 4.69) is 20.3 Å². The second-order valence-electron chi connectivity index (χ2n) is 6.03. The third kappa shape index (κ3) is 2.73. The summed E-state index contributed by atoms with van der Waals surface area (Å²) in [5.41, 5.74) is 2.92. The second kappa shape index (κ2) is 6.01. The van der Waals surface area contributed by atoms with Crippen LogP contribution >= 0.6 is 0 Å². The number of pyridine rings is 2. The largest absolute Gasteiger partial charge is 0.353 e. The number of piperazine rings is 1. The number of carbonyl (C=O) groups is 2. The van der Waals surface area contributed by atoms with Crippen molar-refractivity contribution in [2.75, 3.05) is 13.1 Å². The van der Waals surface area contributed by atoms with Crippen LogP contribution in [0, 0.1) is 0 Å².